The fourth-order valence-corrected chi connectivity index (χ4v) is 4.83. The summed E-state index contributed by atoms with van der Waals surface area (Å²) >= 11 is 6.74. The van der Waals surface area contributed by atoms with Crippen molar-refractivity contribution in [2.45, 2.75) is 31.8 Å². The summed E-state index contributed by atoms with van der Waals surface area (Å²) in [6.45, 7) is 2.61. The van der Waals surface area contributed by atoms with Gasteiger partial charge in [-0.3, -0.25) is 15.4 Å². The van der Waals surface area contributed by atoms with Gasteiger partial charge in [-0.15, -0.1) is 5.10 Å². The molecule has 2 aromatic heterocycles. The maximum Gasteiger partial charge on any atom is 0.123 e. The van der Waals surface area contributed by atoms with Crippen LogP contribution in [0.5, 0.6) is 0 Å². The average molecular weight is 554 g/mol. The molecule has 0 saturated heterocycles. The van der Waals surface area contributed by atoms with Gasteiger partial charge in [0.05, 0.1) is 47.1 Å². The van der Waals surface area contributed by atoms with E-state index in [-0.39, 0.29) is 6.04 Å². The highest BCUT2D eigenvalue weighted by atomic mass is 35.5. The predicted octanol–water partition coefficient (Wildman–Crippen LogP) is 6.88. The summed E-state index contributed by atoms with van der Waals surface area (Å²) < 4.78 is 25.2. The number of hydrazine groups is 1. The minimum atomic E-state index is -1.62. The van der Waals surface area contributed by atoms with Gasteiger partial charge in [-0.25, -0.2) is 9.07 Å². The highest BCUT2D eigenvalue weighted by Gasteiger charge is 2.27. The molecule has 6 rings (SSSR count). The lowest BCUT2D eigenvalue weighted by Gasteiger charge is -2.26. The Morgan fingerprint density at radius 2 is 1.98 bits per heavy atom. The molecule has 3 aromatic carbocycles. The predicted molar refractivity (Wildman–Crippen MR) is 155 cm³/mol. The summed E-state index contributed by atoms with van der Waals surface area (Å²) in [5, 5.41) is 24.6. The van der Waals surface area contributed by atoms with Gasteiger partial charge in [0.25, 0.3) is 0 Å². The Bertz CT molecular complexity index is 1750. The number of para-hydroxylation sites is 1. The van der Waals surface area contributed by atoms with Crippen LogP contribution < -0.4 is 15.8 Å². The summed E-state index contributed by atoms with van der Waals surface area (Å²) in [5.41, 5.74) is 7.00. The van der Waals surface area contributed by atoms with E-state index >= 15 is 0 Å². The Morgan fingerprint density at radius 3 is 2.67 bits per heavy atom. The zero-order chi connectivity index (χ0) is 28.6. The number of fused-ring (bicyclic) bond motifs is 1. The monoisotopic (exact) mass is 553 g/mol. The molecule has 1 saturated carbocycles. The van der Waals surface area contributed by atoms with Crippen molar-refractivity contribution in [3.63, 3.8) is 0 Å². The van der Waals surface area contributed by atoms with Crippen molar-refractivity contribution in [2.24, 2.45) is 0 Å². The molecule has 0 spiro atoms. The number of benzene rings is 3. The Labute approximate surface area is 237 Å². The van der Waals surface area contributed by atoms with Crippen LogP contribution in [-0.2, 0) is 0 Å². The molecule has 40 heavy (non-hydrogen) atoms. The molecule has 8 nitrogen and oxygen atoms in total. The van der Waals surface area contributed by atoms with Crippen molar-refractivity contribution in [3.8, 4) is 6.07 Å². The number of pyridine rings is 1. The van der Waals surface area contributed by atoms with Crippen molar-refractivity contribution in [3.05, 3.63) is 107 Å². The highest BCUT2D eigenvalue weighted by molar-refractivity contribution is 6.35. The van der Waals surface area contributed by atoms with E-state index in [4.69, 9.17) is 11.6 Å². The molecule has 0 unspecified atom stereocenters. The van der Waals surface area contributed by atoms with Crippen molar-refractivity contribution < 1.29 is 5.76 Å². The van der Waals surface area contributed by atoms with Crippen LogP contribution in [0.3, 0.4) is 0 Å². The minimum Gasteiger partial charge on any atom is -0.373 e. The van der Waals surface area contributed by atoms with Crippen LogP contribution in [0.1, 0.15) is 50.0 Å². The van der Waals surface area contributed by atoms with E-state index in [1.54, 1.807) is 35.1 Å². The molecule has 0 amide bonds. The molecular formula is C30H26ClFN8. The van der Waals surface area contributed by atoms with Crippen LogP contribution in [-0.4, -0.2) is 26.5 Å². The molecule has 0 radical (unpaired) electrons. The second-order valence-electron chi connectivity index (χ2n) is 9.53. The van der Waals surface area contributed by atoms with Gasteiger partial charge in [-0.2, -0.15) is 5.26 Å². The van der Waals surface area contributed by atoms with Crippen LogP contribution >= 0.6 is 11.6 Å². The van der Waals surface area contributed by atoms with Crippen LogP contribution in [0.2, 0.25) is 5.02 Å². The SMILES string of the molecule is [2H][C@](Nc1cc(Cl)c2ncc(C#N)c(NN(CC)c3ccccc3)c2c1)(c1ccc(F)cc1)c1cn(C2CC2)nn1. The molecule has 200 valence electrons. The Balaban J connectivity index is 1.46. The van der Waals surface area contributed by atoms with Crippen LogP contribution in [0.15, 0.2) is 79.1 Å². The third-order valence-electron chi connectivity index (χ3n) is 6.77. The standard InChI is InChI=1S/C30H26ClFN8/c1-2-39(23-6-4-3-5-7-23)37-28-20(16-33)17-34-30-25(28)14-22(15-26(30)31)35-29(19-8-10-21(32)11-9-19)27-18-40(38-36-27)24-12-13-24/h3-11,14-15,17-18,24,29,35H,2,12-13H2,1H3,(H,34,37)/t29-/m0/s1/i29D. The number of aromatic nitrogens is 4. The van der Waals surface area contributed by atoms with Gasteiger partial charge >= 0.3 is 0 Å². The summed E-state index contributed by atoms with van der Waals surface area (Å²) in [7, 11) is 0. The largest absolute Gasteiger partial charge is 0.373 e. The number of anilines is 3. The Hall–Kier alpha value is -4.68. The number of hydrogen-bond acceptors (Lipinski definition) is 7. The third kappa shape index (κ3) is 5.14. The van der Waals surface area contributed by atoms with E-state index in [0.29, 0.717) is 50.7 Å². The molecule has 0 bridgehead atoms. The zero-order valence-electron chi connectivity index (χ0n) is 22.6. The average Bonchev–Trinajstić information content (AvgIpc) is 3.72. The van der Waals surface area contributed by atoms with E-state index in [9.17, 15) is 11.0 Å². The fraction of sp³-hybridized carbons (Fsp3) is 0.200. The zero-order valence-corrected chi connectivity index (χ0v) is 22.4. The molecule has 10 heteroatoms. The molecule has 2 N–H and O–H groups in total. The molecule has 1 aliphatic carbocycles. The van der Waals surface area contributed by atoms with Crippen molar-refractivity contribution in [1.82, 2.24) is 20.0 Å². The number of nitrogens with zero attached hydrogens (tertiary/aromatic N) is 6. The molecule has 0 aliphatic heterocycles. The summed E-state index contributed by atoms with van der Waals surface area (Å²) in [5.74, 6) is -0.406. The van der Waals surface area contributed by atoms with Gasteiger partial charge in [-0.05, 0) is 61.7 Å². The van der Waals surface area contributed by atoms with Crippen molar-refractivity contribution >= 4 is 39.6 Å². The van der Waals surface area contributed by atoms with Gasteiger partial charge in [0.2, 0.25) is 0 Å². The van der Waals surface area contributed by atoms with Crippen molar-refractivity contribution in [1.29, 1.82) is 5.26 Å². The number of hydrogen-bond donors (Lipinski definition) is 2. The van der Waals surface area contributed by atoms with Gasteiger partial charge < -0.3 is 5.32 Å². The Morgan fingerprint density at radius 1 is 1.20 bits per heavy atom. The van der Waals surface area contributed by atoms with E-state index in [1.165, 1.54) is 18.3 Å². The van der Waals surface area contributed by atoms with Crippen LogP contribution in [0, 0.1) is 17.1 Å². The number of nitriles is 1. The van der Waals surface area contributed by atoms with E-state index in [0.717, 1.165) is 18.5 Å². The number of nitrogens with one attached hydrogen (secondary N) is 2. The second kappa shape index (κ2) is 10.8. The van der Waals surface area contributed by atoms with E-state index < -0.39 is 11.8 Å². The minimum absolute atomic E-state index is 0.277. The number of rotatable bonds is 9. The fourth-order valence-electron chi connectivity index (χ4n) is 4.56. The van der Waals surface area contributed by atoms with Crippen LogP contribution in [0.4, 0.5) is 21.5 Å². The van der Waals surface area contributed by atoms with Gasteiger partial charge in [0.15, 0.2) is 0 Å². The lowest BCUT2D eigenvalue weighted by molar-refractivity contribution is 0.610. The molecule has 1 fully saturated rings. The number of halogens is 2. The maximum atomic E-state index is 13.8. The smallest absolute Gasteiger partial charge is 0.123 e. The molecule has 1 atom stereocenters. The first-order valence-corrected chi connectivity index (χ1v) is 13.4. The topological polar surface area (TPSA) is 94.7 Å². The van der Waals surface area contributed by atoms with Gasteiger partial charge in [-0.1, -0.05) is 47.1 Å². The molecular weight excluding hydrogens is 527 g/mol. The van der Waals surface area contributed by atoms with E-state index in [1.807, 2.05) is 42.3 Å². The van der Waals surface area contributed by atoms with Crippen molar-refractivity contribution in [2.75, 3.05) is 22.3 Å². The Kier molecular flexibility index (Phi) is 6.60. The van der Waals surface area contributed by atoms with Gasteiger partial charge in [0, 0.05) is 23.8 Å². The molecule has 2 heterocycles. The first kappa shape index (κ1) is 24.4. The second-order valence-corrected chi connectivity index (χ2v) is 9.93. The first-order valence-electron chi connectivity index (χ1n) is 13.5. The molecule has 5 aromatic rings. The van der Waals surface area contributed by atoms with Crippen LogP contribution in [0.25, 0.3) is 10.9 Å². The van der Waals surface area contributed by atoms with Gasteiger partial charge in [0.1, 0.15) is 17.6 Å². The highest BCUT2D eigenvalue weighted by Crippen LogP contribution is 2.37. The maximum absolute atomic E-state index is 13.8. The van der Waals surface area contributed by atoms with E-state index in [2.05, 4.69) is 32.1 Å². The summed E-state index contributed by atoms with van der Waals surface area (Å²) in [6, 6.07) is 19.9. The lowest BCUT2D eigenvalue weighted by Crippen LogP contribution is -2.30. The first-order chi connectivity index (χ1) is 19.9. The summed E-state index contributed by atoms with van der Waals surface area (Å²) in [6.07, 6.45) is 5.27. The molecule has 1 aliphatic rings. The summed E-state index contributed by atoms with van der Waals surface area (Å²) in [4.78, 5) is 4.46. The third-order valence-corrected chi connectivity index (χ3v) is 7.05. The lowest BCUT2D eigenvalue weighted by atomic mass is 10.0. The quantitative estimate of drug-likeness (QED) is 0.192. The normalized spacial score (nSPS) is 14.7.